The molecule has 3 heterocycles. The van der Waals surface area contributed by atoms with Gasteiger partial charge in [0.15, 0.2) is 9.84 Å². The first-order chi connectivity index (χ1) is 13.9. The van der Waals surface area contributed by atoms with Crippen molar-refractivity contribution < 1.29 is 18.0 Å². The Morgan fingerprint density at radius 1 is 0.931 bits per heavy atom. The van der Waals surface area contributed by atoms with Gasteiger partial charge in [-0.1, -0.05) is 12.8 Å². The number of hydrogen-bond acceptors (Lipinski definition) is 6. The van der Waals surface area contributed by atoms with E-state index in [9.17, 15) is 18.0 Å². The molecule has 0 aromatic rings. The van der Waals surface area contributed by atoms with Gasteiger partial charge in [-0.05, 0) is 38.6 Å². The van der Waals surface area contributed by atoms with E-state index in [2.05, 4.69) is 4.90 Å². The highest BCUT2D eigenvalue weighted by Gasteiger charge is 2.41. The van der Waals surface area contributed by atoms with Crippen molar-refractivity contribution in [2.75, 3.05) is 49.2 Å². The zero-order valence-corrected chi connectivity index (χ0v) is 18.8. The normalized spacial score (nSPS) is 30.7. The summed E-state index contributed by atoms with van der Waals surface area (Å²) in [5.41, 5.74) is 0. The fraction of sp³-hybridized carbons (Fsp3) is 0.900. The van der Waals surface area contributed by atoms with Crippen LogP contribution in [0.2, 0.25) is 0 Å². The Hall–Kier alpha value is -0.800. The molecule has 1 aliphatic carbocycles. The molecule has 2 atom stereocenters. The Balaban J connectivity index is 1.44. The average Bonchev–Trinajstić information content (AvgIpc) is 3.44. The molecular weight excluding hydrogens is 410 g/mol. The molecule has 9 heteroatoms. The molecule has 0 radical (unpaired) electrons. The predicted molar refractivity (Wildman–Crippen MR) is 115 cm³/mol. The van der Waals surface area contributed by atoms with E-state index < -0.39 is 9.84 Å². The minimum Gasteiger partial charge on any atom is -0.340 e. The third-order valence-corrected chi connectivity index (χ3v) is 9.61. The largest absolute Gasteiger partial charge is 0.340 e. The van der Waals surface area contributed by atoms with Crippen LogP contribution in [0.25, 0.3) is 0 Å². The Bertz CT molecular complexity index is 717. The van der Waals surface area contributed by atoms with Crippen LogP contribution >= 0.6 is 11.8 Å². The molecule has 0 bridgehead atoms. The average molecular weight is 444 g/mol. The maximum atomic E-state index is 13.4. The predicted octanol–water partition coefficient (Wildman–Crippen LogP) is 0.985. The molecule has 0 N–H and O–H groups in total. The van der Waals surface area contributed by atoms with Crippen LogP contribution in [0.5, 0.6) is 0 Å². The second-order valence-electron chi connectivity index (χ2n) is 8.86. The van der Waals surface area contributed by atoms with Crippen LogP contribution in [0.4, 0.5) is 0 Å². The fourth-order valence-corrected chi connectivity index (χ4v) is 8.04. The highest BCUT2D eigenvalue weighted by molar-refractivity contribution is 7.99. The fourth-order valence-electron chi connectivity index (χ4n) is 5.43. The SMILES string of the molecule is O=C(C1CCCN1CC(=O)N(C1CCCC1)C1CCS(=O)(=O)C1)N1CCSCC1. The number of carbonyl (C=O) groups is 2. The summed E-state index contributed by atoms with van der Waals surface area (Å²) in [6.45, 7) is 2.62. The third-order valence-electron chi connectivity index (χ3n) is 6.92. The van der Waals surface area contributed by atoms with Crippen LogP contribution in [0, 0.1) is 0 Å². The van der Waals surface area contributed by atoms with Gasteiger partial charge >= 0.3 is 0 Å². The van der Waals surface area contributed by atoms with Crippen molar-refractivity contribution in [3.8, 4) is 0 Å². The molecule has 2 unspecified atom stereocenters. The first-order valence-corrected chi connectivity index (χ1v) is 14.0. The lowest BCUT2D eigenvalue weighted by Gasteiger charge is -2.37. The third kappa shape index (κ3) is 4.93. The van der Waals surface area contributed by atoms with Crippen LogP contribution in [0.3, 0.4) is 0 Å². The minimum absolute atomic E-state index is 0.0212. The van der Waals surface area contributed by atoms with Crippen LogP contribution in [-0.4, -0.2) is 102 Å². The lowest BCUT2D eigenvalue weighted by molar-refractivity contribution is -0.140. The number of thioether (sulfide) groups is 1. The van der Waals surface area contributed by atoms with Gasteiger partial charge < -0.3 is 9.80 Å². The van der Waals surface area contributed by atoms with E-state index in [1.165, 1.54) is 0 Å². The zero-order chi connectivity index (χ0) is 20.4. The number of amides is 2. The molecule has 0 aromatic heterocycles. The Labute approximate surface area is 178 Å². The summed E-state index contributed by atoms with van der Waals surface area (Å²) in [5.74, 6) is 2.46. The molecule has 2 amide bonds. The van der Waals surface area contributed by atoms with Crippen LogP contribution in [0.1, 0.15) is 44.9 Å². The van der Waals surface area contributed by atoms with Crippen molar-refractivity contribution >= 4 is 33.4 Å². The molecule has 1 saturated carbocycles. The van der Waals surface area contributed by atoms with Crippen LogP contribution in [-0.2, 0) is 19.4 Å². The van der Waals surface area contributed by atoms with Gasteiger partial charge in [0.05, 0.1) is 24.1 Å². The maximum Gasteiger partial charge on any atom is 0.239 e. The lowest BCUT2D eigenvalue weighted by Crippen LogP contribution is -2.54. The van der Waals surface area contributed by atoms with E-state index in [0.717, 1.165) is 69.7 Å². The van der Waals surface area contributed by atoms with E-state index >= 15 is 0 Å². The van der Waals surface area contributed by atoms with Crippen molar-refractivity contribution in [2.45, 2.75) is 63.1 Å². The van der Waals surface area contributed by atoms with Crippen molar-refractivity contribution in [1.29, 1.82) is 0 Å². The van der Waals surface area contributed by atoms with Gasteiger partial charge in [-0.3, -0.25) is 14.5 Å². The summed E-state index contributed by atoms with van der Waals surface area (Å²) in [5, 5.41) is 0. The monoisotopic (exact) mass is 443 g/mol. The quantitative estimate of drug-likeness (QED) is 0.631. The number of nitrogens with zero attached hydrogens (tertiary/aromatic N) is 3. The molecule has 0 aromatic carbocycles. The Morgan fingerprint density at radius 2 is 1.66 bits per heavy atom. The second kappa shape index (κ2) is 9.14. The smallest absolute Gasteiger partial charge is 0.239 e. The van der Waals surface area contributed by atoms with Gasteiger partial charge in [-0.2, -0.15) is 11.8 Å². The second-order valence-corrected chi connectivity index (χ2v) is 12.3. The summed E-state index contributed by atoms with van der Waals surface area (Å²) in [4.78, 5) is 32.3. The number of rotatable bonds is 5. The number of carbonyl (C=O) groups excluding carboxylic acids is 2. The van der Waals surface area contributed by atoms with E-state index in [1.807, 2.05) is 21.6 Å². The van der Waals surface area contributed by atoms with E-state index in [-0.39, 0.29) is 48.0 Å². The minimum atomic E-state index is -3.04. The summed E-state index contributed by atoms with van der Waals surface area (Å²) < 4.78 is 24.1. The molecule has 4 aliphatic rings. The number of hydrogen-bond donors (Lipinski definition) is 0. The molecule has 4 fully saturated rings. The lowest BCUT2D eigenvalue weighted by atomic mass is 10.1. The highest BCUT2D eigenvalue weighted by atomic mass is 32.2. The van der Waals surface area contributed by atoms with Gasteiger partial charge in [-0.25, -0.2) is 8.42 Å². The van der Waals surface area contributed by atoms with Crippen molar-refractivity contribution in [3.05, 3.63) is 0 Å². The molecule has 3 aliphatic heterocycles. The van der Waals surface area contributed by atoms with Crippen molar-refractivity contribution in [3.63, 3.8) is 0 Å². The topological polar surface area (TPSA) is 78.0 Å². The summed E-state index contributed by atoms with van der Waals surface area (Å²) >= 11 is 1.88. The molecular formula is C20H33N3O4S2. The van der Waals surface area contributed by atoms with Crippen LogP contribution in [0.15, 0.2) is 0 Å². The maximum absolute atomic E-state index is 13.4. The standard InChI is InChI=1S/C20H33N3O4S2/c24-19(23(16-4-1-2-5-16)17-7-13-29(26,27)15-17)14-22-8-3-6-18(22)20(25)21-9-11-28-12-10-21/h16-18H,1-15H2. The highest BCUT2D eigenvalue weighted by Crippen LogP contribution is 2.30. The Kier molecular flexibility index (Phi) is 6.75. The molecule has 164 valence electrons. The summed E-state index contributed by atoms with van der Waals surface area (Å²) in [6, 6.07) is -0.220. The van der Waals surface area contributed by atoms with Gasteiger partial charge in [-0.15, -0.1) is 0 Å². The zero-order valence-electron chi connectivity index (χ0n) is 17.1. The van der Waals surface area contributed by atoms with Gasteiger partial charge in [0, 0.05) is 36.7 Å². The van der Waals surface area contributed by atoms with Gasteiger partial charge in [0.2, 0.25) is 11.8 Å². The van der Waals surface area contributed by atoms with Crippen LogP contribution < -0.4 is 0 Å². The molecule has 29 heavy (non-hydrogen) atoms. The molecule has 3 saturated heterocycles. The Morgan fingerprint density at radius 3 is 2.31 bits per heavy atom. The molecule has 7 nitrogen and oxygen atoms in total. The van der Waals surface area contributed by atoms with Crippen molar-refractivity contribution in [2.24, 2.45) is 0 Å². The first kappa shape index (κ1) is 21.4. The van der Waals surface area contributed by atoms with Crippen molar-refractivity contribution in [1.82, 2.24) is 14.7 Å². The van der Waals surface area contributed by atoms with Gasteiger partial charge in [0.25, 0.3) is 0 Å². The number of sulfone groups is 1. The molecule has 0 spiro atoms. The molecule has 4 rings (SSSR count). The van der Waals surface area contributed by atoms with E-state index in [4.69, 9.17) is 0 Å². The number of likely N-dealkylation sites (tertiary alicyclic amines) is 1. The summed E-state index contributed by atoms with van der Waals surface area (Å²) in [7, 11) is -3.04. The van der Waals surface area contributed by atoms with Gasteiger partial charge in [0.1, 0.15) is 0 Å². The first-order valence-electron chi connectivity index (χ1n) is 11.1. The summed E-state index contributed by atoms with van der Waals surface area (Å²) in [6.07, 6.45) is 6.45. The van der Waals surface area contributed by atoms with E-state index in [0.29, 0.717) is 6.42 Å². The van der Waals surface area contributed by atoms with E-state index in [1.54, 1.807) is 0 Å².